The van der Waals surface area contributed by atoms with E-state index in [0.717, 1.165) is 12.2 Å². The third kappa shape index (κ3) is 1.97. The summed E-state index contributed by atoms with van der Waals surface area (Å²) < 4.78 is 0. The summed E-state index contributed by atoms with van der Waals surface area (Å²) in [4.78, 5) is 7.20. The van der Waals surface area contributed by atoms with Crippen LogP contribution in [0.2, 0.25) is 0 Å². The largest absolute Gasteiger partial charge is 0.391 e. The Labute approximate surface area is 99.7 Å². The molecular formula is C13H15N3O. The van der Waals surface area contributed by atoms with E-state index in [-0.39, 0.29) is 12.1 Å². The van der Waals surface area contributed by atoms with E-state index in [0.29, 0.717) is 6.54 Å². The van der Waals surface area contributed by atoms with Gasteiger partial charge < -0.3 is 15.4 Å². The average Bonchev–Trinajstić information content (AvgIpc) is 2.93. The first-order valence-corrected chi connectivity index (χ1v) is 5.82. The lowest BCUT2D eigenvalue weighted by Crippen LogP contribution is -2.28. The van der Waals surface area contributed by atoms with Crippen molar-refractivity contribution in [1.82, 2.24) is 15.3 Å². The molecule has 88 valence electrons. The van der Waals surface area contributed by atoms with Gasteiger partial charge in [0.25, 0.3) is 0 Å². The lowest BCUT2D eigenvalue weighted by Gasteiger charge is -2.17. The van der Waals surface area contributed by atoms with E-state index < -0.39 is 0 Å². The fourth-order valence-electron chi connectivity index (χ4n) is 2.42. The van der Waals surface area contributed by atoms with E-state index in [1.165, 1.54) is 11.1 Å². The number of aromatic nitrogens is 2. The summed E-state index contributed by atoms with van der Waals surface area (Å²) >= 11 is 0. The Morgan fingerprint density at radius 1 is 1.41 bits per heavy atom. The molecule has 0 aliphatic heterocycles. The van der Waals surface area contributed by atoms with Crippen molar-refractivity contribution in [3.05, 3.63) is 53.6 Å². The van der Waals surface area contributed by atoms with Gasteiger partial charge in [0.15, 0.2) is 0 Å². The number of nitrogens with one attached hydrogen (secondary N) is 2. The van der Waals surface area contributed by atoms with Crippen LogP contribution in [0.3, 0.4) is 0 Å². The predicted octanol–water partition coefficient (Wildman–Crippen LogP) is 1.16. The molecule has 1 heterocycles. The SMILES string of the molecule is O[C@H]1Cc2ccccc2[C@H]1NCc1ncc[nH]1. The maximum atomic E-state index is 10.0. The minimum absolute atomic E-state index is 0.0105. The van der Waals surface area contributed by atoms with Crippen LogP contribution in [-0.2, 0) is 13.0 Å². The second kappa shape index (κ2) is 4.31. The quantitative estimate of drug-likeness (QED) is 0.740. The number of nitrogens with zero attached hydrogens (tertiary/aromatic N) is 1. The number of H-pyrrole nitrogens is 1. The van der Waals surface area contributed by atoms with Gasteiger partial charge in [-0.25, -0.2) is 4.98 Å². The van der Waals surface area contributed by atoms with Crippen molar-refractivity contribution in [2.45, 2.75) is 25.1 Å². The van der Waals surface area contributed by atoms with Gasteiger partial charge in [-0.05, 0) is 11.1 Å². The van der Waals surface area contributed by atoms with Gasteiger partial charge in [-0.2, -0.15) is 0 Å². The number of aliphatic hydroxyl groups excluding tert-OH is 1. The first-order valence-electron chi connectivity index (χ1n) is 5.82. The van der Waals surface area contributed by atoms with E-state index in [2.05, 4.69) is 27.4 Å². The van der Waals surface area contributed by atoms with Crippen LogP contribution in [0.4, 0.5) is 0 Å². The Morgan fingerprint density at radius 2 is 2.29 bits per heavy atom. The van der Waals surface area contributed by atoms with E-state index in [4.69, 9.17) is 0 Å². The maximum Gasteiger partial charge on any atom is 0.120 e. The molecule has 0 fully saturated rings. The Kier molecular flexibility index (Phi) is 2.66. The van der Waals surface area contributed by atoms with Crippen molar-refractivity contribution >= 4 is 0 Å². The van der Waals surface area contributed by atoms with Crippen LogP contribution in [0.5, 0.6) is 0 Å². The Hall–Kier alpha value is -1.65. The number of hydrogen-bond acceptors (Lipinski definition) is 3. The van der Waals surface area contributed by atoms with Crippen molar-refractivity contribution in [3.8, 4) is 0 Å². The molecule has 0 unspecified atom stereocenters. The number of imidazole rings is 1. The molecule has 3 rings (SSSR count). The summed E-state index contributed by atoms with van der Waals surface area (Å²) in [6.07, 6.45) is 3.92. The normalized spacial score (nSPS) is 22.6. The zero-order valence-electron chi connectivity index (χ0n) is 9.43. The number of rotatable bonds is 3. The summed E-state index contributed by atoms with van der Waals surface area (Å²) in [5.74, 6) is 0.890. The Morgan fingerprint density at radius 3 is 3.12 bits per heavy atom. The van der Waals surface area contributed by atoms with Gasteiger partial charge >= 0.3 is 0 Å². The second-order valence-corrected chi connectivity index (χ2v) is 4.36. The van der Waals surface area contributed by atoms with Gasteiger partial charge in [0, 0.05) is 18.8 Å². The fraction of sp³-hybridized carbons (Fsp3) is 0.308. The van der Waals surface area contributed by atoms with E-state index >= 15 is 0 Å². The molecule has 1 aromatic heterocycles. The second-order valence-electron chi connectivity index (χ2n) is 4.36. The summed E-state index contributed by atoms with van der Waals surface area (Å²) in [6.45, 7) is 0.642. The fourth-order valence-corrected chi connectivity index (χ4v) is 2.42. The van der Waals surface area contributed by atoms with Crippen LogP contribution in [0.1, 0.15) is 23.0 Å². The molecule has 0 saturated carbocycles. The standard InChI is InChI=1S/C13H15N3O/c17-11-7-9-3-1-2-4-10(9)13(11)16-8-12-14-5-6-15-12/h1-6,11,13,16-17H,7-8H2,(H,14,15)/t11-,13+/m0/s1. The highest BCUT2D eigenvalue weighted by atomic mass is 16.3. The van der Waals surface area contributed by atoms with E-state index in [9.17, 15) is 5.11 Å². The topological polar surface area (TPSA) is 60.9 Å². The van der Waals surface area contributed by atoms with Crippen LogP contribution < -0.4 is 5.32 Å². The van der Waals surface area contributed by atoms with Crippen LogP contribution in [0, 0.1) is 0 Å². The number of benzene rings is 1. The molecule has 1 aliphatic rings. The summed E-state index contributed by atoms with van der Waals surface area (Å²) in [5.41, 5.74) is 2.43. The third-order valence-electron chi connectivity index (χ3n) is 3.25. The summed E-state index contributed by atoms with van der Waals surface area (Å²) in [5, 5.41) is 13.4. The molecule has 0 radical (unpaired) electrons. The maximum absolute atomic E-state index is 10.0. The summed E-state index contributed by atoms with van der Waals surface area (Å²) in [7, 11) is 0. The molecule has 0 amide bonds. The molecular weight excluding hydrogens is 214 g/mol. The third-order valence-corrected chi connectivity index (χ3v) is 3.25. The van der Waals surface area contributed by atoms with Crippen LogP contribution in [0.15, 0.2) is 36.7 Å². The number of hydrogen-bond donors (Lipinski definition) is 3. The Bertz CT molecular complexity index is 495. The highest BCUT2D eigenvalue weighted by molar-refractivity contribution is 5.36. The van der Waals surface area contributed by atoms with E-state index in [1.54, 1.807) is 12.4 Å². The zero-order valence-corrected chi connectivity index (χ0v) is 9.43. The molecule has 0 saturated heterocycles. The predicted molar refractivity (Wildman–Crippen MR) is 64.3 cm³/mol. The first-order chi connectivity index (χ1) is 8.34. The summed E-state index contributed by atoms with van der Waals surface area (Å²) in [6, 6.07) is 8.19. The van der Waals surface area contributed by atoms with Gasteiger partial charge in [-0.1, -0.05) is 24.3 Å². The van der Waals surface area contributed by atoms with Crippen LogP contribution in [0.25, 0.3) is 0 Å². The number of fused-ring (bicyclic) bond motifs is 1. The molecule has 4 heteroatoms. The molecule has 3 N–H and O–H groups in total. The van der Waals surface area contributed by atoms with Crippen LogP contribution in [-0.4, -0.2) is 21.2 Å². The zero-order chi connectivity index (χ0) is 11.7. The Balaban J connectivity index is 1.75. The molecule has 1 aliphatic carbocycles. The molecule has 4 nitrogen and oxygen atoms in total. The average molecular weight is 229 g/mol. The lowest BCUT2D eigenvalue weighted by atomic mass is 10.1. The van der Waals surface area contributed by atoms with Gasteiger partial charge in [-0.15, -0.1) is 0 Å². The number of aliphatic hydroxyl groups is 1. The number of aromatic amines is 1. The van der Waals surface area contributed by atoms with E-state index in [1.807, 2.05) is 12.1 Å². The monoisotopic (exact) mass is 229 g/mol. The van der Waals surface area contributed by atoms with Crippen molar-refractivity contribution < 1.29 is 5.11 Å². The van der Waals surface area contributed by atoms with Crippen molar-refractivity contribution in [2.24, 2.45) is 0 Å². The van der Waals surface area contributed by atoms with Gasteiger partial charge in [0.2, 0.25) is 0 Å². The van der Waals surface area contributed by atoms with Crippen molar-refractivity contribution in [1.29, 1.82) is 0 Å². The highest BCUT2D eigenvalue weighted by Gasteiger charge is 2.30. The van der Waals surface area contributed by atoms with Gasteiger partial charge in [0.05, 0.1) is 18.7 Å². The first kappa shape index (κ1) is 10.5. The minimum Gasteiger partial charge on any atom is -0.391 e. The molecule has 17 heavy (non-hydrogen) atoms. The van der Waals surface area contributed by atoms with Crippen LogP contribution >= 0.6 is 0 Å². The highest BCUT2D eigenvalue weighted by Crippen LogP contribution is 2.31. The van der Waals surface area contributed by atoms with Gasteiger partial charge in [-0.3, -0.25) is 0 Å². The molecule has 0 spiro atoms. The minimum atomic E-state index is -0.345. The molecule has 1 aromatic carbocycles. The van der Waals surface area contributed by atoms with Crippen molar-refractivity contribution in [2.75, 3.05) is 0 Å². The molecule has 0 bridgehead atoms. The van der Waals surface area contributed by atoms with Crippen molar-refractivity contribution in [3.63, 3.8) is 0 Å². The van der Waals surface area contributed by atoms with Gasteiger partial charge in [0.1, 0.15) is 5.82 Å². The molecule has 2 aromatic rings. The molecule has 2 atom stereocenters. The lowest BCUT2D eigenvalue weighted by molar-refractivity contribution is 0.140. The smallest absolute Gasteiger partial charge is 0.120 e.